The van der Waals surface area contributed by atoms with E-state index in [1.54, 1.807) is 42.4 Å². The predicted molar refractivity (Wildman–Crippen MR) is 152 cm³/mol. The van der Waals surface area contributed by atoms with Gasteiger partial charge in [0.15, 0.2) is 18.1 Å². The van der Waals surface area contributed by atoms with Crippen molar-refractivity contribution in [1.82, 2.24) is 0 Å². The molecule has 3 aromatic carbocycles. The van der Waals surface area contributed by atoms with Crippen LogP contribution in [0.3, 0.4) is 0 Å². The van der Waals surface area contributed by atoms with Crippen LogP contribution in [0.4, 0.5) is 11.4 Å². The first kappa shape index (κ1) is 27.6. The second kappa shape index (κ2) is 13.4. The van der Waals surface area contributed by atoms with E-state index in [2.05, 4.69) is 5.32 Å². The molecule has 3 aromatic rings. The zero-order valence-corrected chi connectivity index (χ0v) is 22.6. The Balaban J connectivity index is 1.35. The quantitative estimate of drug-likeness (QED) is 0.241. The van der Waals surface area contributed by atoms with Crippen LogP contribution in [-0.4, -0.2) is 45.3 Å². The molecule has 0 aliphatic carbocycles. The van der Waals surface area contributed by atoms with Gasteiger partial charge in [0.05, 0.1) is 26.0 Å². The van der Waals surface area contributed by atoms with Crippen molar-refractivity contribution in [3.05, 3.63) is 77.9 Å². The van der Waals surface area contributed by atoms with E-state index in [9.17, 15) is 9.59 Å². The van der Waals surface area contributed by atoms with E-state index in [0.717, 1.165) is 29.7 Å². The van der Waals surface area contributed by atoms with E-state index >= 15 is 0 Å². The fourth-order valence-electron chi connectivity index (χ4n) is 4.22. The number of anilines is 2. The zero-order chi connectivity index (χ0) is 27.6. The maximum absolute atomic E-state index is 12.6. The minimum Gasteiger partial charge on any atom is -0.493 e. The largest absolute Gasteiger partial charge is 0.493 e. The number of fused-ring (bicyclic) bond motifs is 1. The Morgan fingerprint density at radius 2 is 1.87 bits per heavy atom. The molecule has 2 amide bonds. The van der Waals surface area contributed by atoms with Crippen LogP contribution in [0.15, 0.2) is 66.7 Å². The van der Waals surface area contributed by atoms with Crippen molar-refractivity contribution in [3.63, 3.8) is 0 Å². The molecule has 0 atom stereocenters. The van der Waals surface area contributed by atoms with Crippen LogP contribution in [0, 0.1) is 6.92 Å². The number of aryl methyl sites for hydroxylation is 1. The summed E-state index contributed by atoms with van der Waals surface area (Å²) in [5.41, 5.74) is 3.11. The third-order valence-electron chi connectivity index (χ3n) is 6.21. The number of hydrogen-bond acceptors (Lipinski definition) is 6. The summed E-state index contributed by atoms with van der Waals surface area (Å²) in [6.45, 7) is 5.55. The first-order valence-electron chi connectivity index (χ1n) is 13.0. The lowest BCUT2D eigenvalue weighted by Gasteiger charge is -2.30. The van der Waals surface area contributed by atoms with Gasteiger partial charge in [0.1, 0.15) is 11.5 Å². The molecule has 0 saturated carbocycles. The van der Waals surface area contributed by atoms with Gasteiger partial charge in [-0.15, -0.1) is 0 Å². The maximum atomic E-state index is 12.6. The van der Waals surface area contributed by atoms with Crippen LogP contribution in [0.2, 0.25) is 0 Å². The molecule has 4 rings (SSSR count). The predicted octanol–water partition coefficient (Wildman–Crippen LogP) is 5.64. The van der Waals surface area contributed by atoms with Crippen molar-refractivity contribution in [2.75, 3.05) is 43.7 Å². The molecule has 0 saturated heterocycles. The minimum atomic E-state index is -0.300. The molecular weight excluding hydrogens is 496 g/mol. The van der Waals surface area contributed by atoms with Gasteiger partial charge in [-0.25, -0.2) is 0 Å². The highest BCUT2D eigenvalue weighted by molar-refractivity contribution is 6.03. The summed E-state index contributed by atoms with van der Waals surface area (Å²) in [5, 5.41) is 2.86. The highest BCUT2D eigenvalue weighted by atomic mass is 16.5. The van der Waals surface area contributed by atoms with Crippen molar-refractivity contribution in [2.24, 2.45) is 0 Å². The van der Waals surface area contributed by atoms with Crippen LogP contribution in [0.1, 0.15) is 30.9 Å². The van der Waals surface area contributed by atoms with Crippen LogP contribution in [-0.2, 0) is 9.59 Å². The molecule has 0 spiro atoms. The average Bonchev–Trinajstić information content (AvgIpc) is 2.94. The monoisotopic (exact) mass is 530 g/mol. The molecular formula is C31H34N2O6. The van der Waals surface area contributed by atoms with E-state index in [1.807, 2.05) is 50.2 Å². The number of methoxy groups -OCH3 is 1. The Hall–Kier alpha value is -4.46. The number of unbranched alkanes of at least 4 members (excludes halogenated alkanes) is 1. The van der Waals surface area contributed by atoms with Gasteiger partial charge in [0, 0.05) is 18.3 Å². The van der Waals surface area contributed by atoms with Crippen LogP contribution < -0.4 is 29.2 Å². The number of rotatable bonds is 12. The van der Waals surface area contributed by atoms with Gasteiger partial charge >= 0.3 is 0 Å². The van der Waals surface area contributed by atoms with Crippen LogP contribution in [0.5, 0.6) is 23.0 Å². The first-order valence-corrected chi connectivity index (χ1v) is 13.0. The summed E-state index contributed by atoms with van der Waals surface area (Å²) in [4.78, 5) is 27.0. The molecule has 8 heteroatoms. The summed E-state index contributed by atoms with van der Waals surface area (Å²) >= 11 is 0. The number of nitrogens with one attached hydrogen (secondary N) is 1. The SMILES string of the molecule is CCOc1ccc(/C=C/C(=O)Nc2ccc3c(c2)N(CCCCOc2ccccc2C)C(=O)CO3)cc1OC. The molecule has 0 aromatic heterocycles. The second-order valence-electron chi connectivity index (χ2n) is 9.00. The fourth-order valence-corrected chi connectivity index (χ4v) is 4.22. The van der Waals surface area contributed by atoms with Gasteiger partial charge in [-0.05, 0) is 80.3 Å². The molecule has 1 aliphatic rings. The van der Waals surface area contributed by atoms with Crippen molar-refractivity contribution < 1.29 is 28.5 Å². The highest BCUT2D eigenvalue weighted by Gasteiger charge is 2.25. The Kier molecular flexibility index (Phi) is 9.45. The van der Waals surface area contributed by atoms with Gasteiger partial charge in [-0.1, -0.05) is 24.3 Å². The lowest BCUT2D eigenvalue weighted by molar-refractivity contribution is -0.121. The maximum Gasteiger partial charge on any atom is 0.265 e. The lowest BCUT2D eigenvalue weighted by atomic mass is 10.1. The number of carbonyl (C=O) groups is 2. The number of benzene rings is 3. The fraction of sp³-hybridized carbons (Fsp3) is 0.290. The van der Waals surface area contributed by atoms with Crippen LogP contribution >= 0.6 is 0 Å². The second-order valence-corrected chi connectivity index (χ2v) is 9.00. The Morgan fingerprint density at radius 3 is 2.67 bits per heavy atom. The molecule has 1 N–H and O–H groups in total. The van der Waals surface area contributed by atoms with Crippen molar-refractivity contribution in [2.45, 2.75) is 26.7 Å². The van der Waals surface area contributed by atoms with Gasteiger partial charge in [0.2, 0.25) is 5.91 Å². The normalized spacial score (nSPS) is 12.6. The Bertz CT molecular complexity index is 1340. The number of amides is 2. The lowest BCUT2D eigenvalue weighted by Crippen LogP contribution is -2.39. The smallest absolute Gasteiger partial charge is 0.265 e. The first-order chi connectivity index (χ1) is 19.0. The third kappa shape index (κ3) is 7.31. The molecule has 0 bridgehead atoms. The van der Waals surface area contributed by atoms with E-state index < -0.39 is 0 Å². The summed E-state index contributed by atoms with van der Waals surface area (Å²) in [6.07, 6.45) is 4.71. The molecule has 0 radical (unpaired) electrons. The highest BCUT2D eigenvalue weighted by Crippen LogP contribution is 2.35. The molecule has 1 heterocycles. The molecule has 0 fully saturated rings. The topological polar surface area (TPSA) is 86.3 Å². The molecule has 1 aliphatic heterocycles. The van der Waals surface area contributed by atoms with Gasteiger partial charge in [0.25, 0.3) is 5.91 Å². The molecule has 204 valence electrons. The van der Waals surface area contributed by atoms with E-state index in [1.165, 1.54) is 6.08 Å². The number of ether oxygens (including phenoxy) is 4. The number of para-hydroxylation sites is 1. The third-order valence-corrected chi connectivity index (χ3v) is 6.21. The summed E-state index contributed by atoms with van der Waals surface area (Å²) in [5.74, 6) is 2.32. The van der Waals surface area contributed by atoms with Crippen molar-refractivity contribution >= 4 is 29.3 Å². The van der Waals surface area contributed by atoms with E-state index in [-0.39, 0.29) is 18.4 Å². The number of carbonyl (C=O) groups excluding carboxylic acids is 2. The standard InChI is InChI=1S/C31H34N2O6/c1-4-37-28-14-11-23(19-29(28)36-3)12-16-30(34)32-24-13-15-27-25(20-24)33(31(35)21-39-27)17-7-8-18-38-26-10-6-5-9-22(26)2/h5-6,9-16,19-20H,4,7-8,17-18,21H2,1-3H3,(H,32,34)/b16-12+. The van der Waals surface area contributed by atoms with Gasteiger partial charge < -0.3 is 29.2 Å². The van der Waals surface area contributed by atoms with Gasteiger partial charge in [-0.2, -0.15) is 0 Å². The minimum absolute atomic E-state index is 0.00724. The summed E-state index contributed by atoms with van der Waals surface area (Å²) in [7, 11) is 1.57. The molecule has 8 nitrogen and oxygen atoms in total. The van der Waals surface area contributed by atoms with Crippen LogP contribution in [0.25, 0.3) is 6.08 Å². The number of nitrogens with zero attached hydrogens (tertiary/aromatic N) is 1. The van der Waals surface area contributed by atoms with Crippen molar-refractivity contribution in [3.8, 4) is 23.0 Å². The van der Waals surface area contributed by atoms with E-state index in [4.69, 9.17) is 18.9 Å². The Morgan fingerprint density at radius 1 is 1.03 bits per heavy atom. The van der Waals surface area contributed by atoms with Crippen molar-refractivity contribution in [1.29, 1.82) is 0 Å². The number of hydrogen-bond donors (Lipinski definition) is 1. The molecule has 0 unspecified atom stereocenters. The van der Waals surface area contributed by atoms with E-state index in [0.29, 0.717) is 48.4 Å². The zero-order valence-electron chi connectivity index (χ0n) is 22.6. The summed E-state index contributed by atoms with van der Waals surface area (Å²) in [6, 6.07) is 18.7. The van der Waals surface area contributed by atoms with Gasteiger partial charge in [-0.3, -0.25) is 9.59 Å². The molecule has 39 heavy (non-hydrogen) atoms. The Labute approximate surface area is 229 Å². The summed E-state index contributed by atoms with van der Waals surface area (Å²) < 4.78 is 22.4. The average molecular weight is 531 g/mol.